The van der Waals surface area contributed by atoms with Gasteiger partial charge in [-0.15, -0.1) is 0 Å². The van der Waals surface area contributed by atoms with E-state index in [1.54, 1.807) is 7.11 Å². The maximum Gasteiger partial charge on any atom is 0.164 e. The molecule has 5 heteroatoms. The van der Waals surface area contributed by atoms with E-state index in [1.165, 1.54) is 0 Å². The van der Waals surface area contributed by atoms with Crippen LogP contribution in [0.5, 0.6) is 0 Å². The van der Waals surface area contributed by atoms with E-state index in [1.807, 2.05) is 6.33 Å². The highest BCUT2D eigenvalue weighted by Crippen LogP contribution is 2.23. The molecule has 98 valence electrons. The first kappa shape index (κ1) is 13.0. The molecule has 0 atom stereocenters. The Morgan fingerprint density at radius 1 is 1.22 bits per heavy atom. The standard InChI is InChI=1S/C13H20N4O/c1-8(2)11-12-13(16-10(15-11)6-18-5)17(7-14-12)9(3)4/h7-9H,6H2,1-5H3. The summed E-state index contributed by atoms with van der Waals surface area (Å²) in [6.07, 6.45) is 1.84. The van der Waals surface area contributed by atoms with Crippen molar-refractivity contribution >= 4 is 11.2 Å². The van der Waals surface area contributed by atoms with Gasteiger partial charge in [-0.05, 0) is 19.8 Å². The van der Waals surface area contributed by atoms with Crippen LogP contribution in [0, 0.1) is 0 Å². The predicted molar refractivity (Wildman–Crippen MR) is 70.5 cm³/mol. The Kier molecular flexibility index (Phi) is 3.61. The molecule has 2 heterocycles. The van der Waals surface area contributed by atoms with E-state index >= 15 is 0 Å². The van der Waals surface area contributed by atoms with Crippen LogP contribution < -0.4 is 0 Å². The predicted octanol–water partition coefficient (Wildman–Crippen LogP) is 2.68. The first-order valence-electron chi connectivity index (χ1n) is 6.26. The molecule has 0 saturated heterocycles. The fourth-order valence-electron chi connectivity index (χ4n) is 1.96. The molecule has 0 radical (unpaired) electrons. The molecule has 0 aromatic carbocycles. The fourth-order valence-corrected chi connectivity index (χ4v) is 1.96. The minimum absolute atomic E-state index is 0.321. The summed E-state index contributed by atoms with van der Waals surface area (Å²) in [5, 5.41) is 0. The Morgan fingerprint density at radius 2 is 1.94 bits per heavy atom. The fraction of sp³-hybridized carbons (Fsp3) is 0.615. The highest BCUT2D eigenvalue weighted by atomic mass is 16.5. The summed E-state index contributed by atoms with van der Waals surface area (Å²) in [5.41, 5.74) is 2.79. The Labute approximate surface area is 107 Å². The van der Waals surface area contributed by atoms with Crippen LogP contribution in [0.3, 0.4) is 0 Å². The van der Waals surface area contributed by atoms with Gasteiger partial charge in [0.15, 0.2) is 11.5 Å². The van der Waals surface area contributed by atoms with Crippen molar-refractivity contribution in [3.05, 3.63) is 17.8 Å². The molecule has 2 rings (SSSR count). The number of aromatic nitrogens is 4. The summed E-state index contributed by atoms with van der Waals surface area (Å²) in [6.45, 7) is 8.90. The van der Waals surface area contributed by atoms with Crippen LogP contribution in [-0.2, 0) is 11.3 Å². The summed E-state index contributed by atoms with van der Waals surface area (Å²) < 4.78 is 7.21. The molecule has 0 unspecified atom stereocenters. The van der Waals surface area contributed by atoms with Crippen LogP contribution in [0.15, 0.2) is 6.33 Å². The van der Waals surface area contributed by atoms with Gasteiger partial charge in [-0.2, -0.15) is 0 Å². The van der Waals surface area contributed by atoms with Gasteiger partial charge in [0, 0.05) is 13.2 Å². The molecule has 18 heavy (non-hydrogen) atoms. The van der Waals surface area contributed by atoms with Crippen LogP contribution in [0.4, 0.5) is 0 Å². The summed E-state index contributed by atoms with van der Waals surface area (Å²) >= 11 is 0. The van der Waals surface area contributed by atoms with E-state index in [0.717, 1.165) is 22.7 Å². The van der Waals surface area contributed by atoms with Crippen molar-refractivity contribution in [2.24, 2.45) is 0 Å². The van der Waals surface area contributed by atoms with E-state index < -0.39 is 0 Å². The minimum Gasteiger partial charge on any atom is -0.377 e. The molecule has 0 fully saturated rings. The molecule has 0 aliphatic rings. The largest absolute Gasteiger partial charge is 0.377 e. The molecule has 0 saturated carbocycles. The lowest BCUT2D eigenvalue weighted by molar-refractivity contribution is 0.177. The van der Waals surface area contributed by atoms with Crippen LogP contribution in [-0.4, -0.2) is 26.6 Å². The zero-order valence-corrected chi connectivity index (χ0v) is 11.6. The molecular weight excluding hydrogens is 228 g/mol. The van der Waals surface area contributed by atoms with Gasteiger partial charge in [0.25, 0.3) is 0 Å². The van der Waals surface area contributed by atoms with Crippen molar-refractivity contribution in [2.75, 3.05) is 7.11 Å². The maximum absolute atomic E-state index is 5.13. The second kappa shape index (κ2) is 5.02. The summed E-state index contributed by atoms with van der Waals surface area (Å²) in [5.74, 6) is 1.04. The van der Waals surface area contributed by atoms with Crippen molar-refractivity contribution in [2.45, 2.75) is 46.3 Å². The quantitative estimate of drug-likeness (QED) is 0.834. The average molecular weight is 248 g/mol. The van der Waals surface area contributed by atoms with Gasteiger partial charge in [-0.3, -0.25) is 0 Å². The lowest BCUT2D eigenvalue weighted by Gasteiger charge is -2.11. The van der Waals surface area contributed by atoms with E-state index in [9.17, 15) is 0 Å². The van der Waals surface area contributed by atoms with Gasteiger partial charge >= 0.3 is 0 Å². The Morgan fingerprint density at radius 3 is 2.50 bits per heavy atom. The lowest BCUT2D eigenvalue weighted by Crippen LogP contribution is -2.07. The van der Waals surface area contributed by atoms with Crippen LogP contribution >= 0.6 is 0 Å². The summed E-state index contributed by atoms with van der Waals surface area (Å²) in [4.78, 5) is 13.6. The Hall–Kier alpha value is -1.49. The first-order valence-corrected chi connectivity index (χ1v) is 6.26. The molecule has 2 aromatic heterocycles. The van der Waals surface area contributed by atoms with Gasteiger partial charge in [0.2, 0.25) is 0 Å². The van der Waals surface area contributed by atoms with Gasteiger partial charge in [0.1, 0.15) is 12.1 Å². The second-order valence-corrected chi connectivity index (χ2v) is 5.03. The Balaban J connectivity index is 2.67. The normalized spacial score (nSPS) is 11.9. The van der Waals surface area contributed by atoms with Crippen molar-refractivity contribution in [1.29, 1.82) is 0 Å². The number of nitrogens with zero attached hydrogens (tertiary/aromatic N) is 4. The highest BCUT2D eigenvalue weighted by Gasteiger charge is 2.16. The minimum atomic E-state index is 0.321. The third-order valence-electron chi connectivity index (χ3n) is 2.87. The van der Waals surface area contributed by atoms with Crippen molar-refractivity contribution in [3.8, 4) is 0 Å². The highest BCUT2D eigenvalue weighted by molar-refractivity contribution is 5.74. The molecule has 0 spiro atoms. The molecule has 5 nitrogen and oxygen atoms in total. The third-order valence-corrected chi connectivity index (χ3v) is 2.87. The molecule has 0 amide bonds. The van der Waals surface area contributed by atoms with Crippen molar-refractivity contribution in [3.63, 3.8) is 0 Å². The maximum atomic E-state index is 5.13. The smallest absolute Gasteiger partial charge is 0.164 e. The number of imidazole rings is 1. The number of hydrogen-bond acceptors (Lipinski definition) is 4. The molecule has 2 aromatic rings. The number of rotatable bonds is 4. The molecule has 0 aliphatic carbocycles. The number of fused-ring (bicyclic) bond motifs is 1. The average Bonchev–Trinajstić information content (AvgIpc) is 2.71. The Bertz CT molecular complexity index is 545. The topological polar surface area (TPSA) is 52.8 Å². The van der Waals surface area contributed by atoms with Crippen molar-refractivity contribution in [1.82, 2.24) is 19.5 Å². The van der Waals surface area contributed by atoms with Crippen molar-refractivity contribution < 1.29 is 4.74 Å². The van der Waals surface area contributed by atoms with E-state index in [0.29, 0.717) is 18.6 Å². The lowest BCUT2D eigenvalue weighted by atomic mass is 10.1. The monoisotopic (exact) mass is 248 g/mol. The zero-order chi connectivity index (χ0) is 13.3. The summed E-state index contributed by atoms with van der Waals surface area (Å²) in [7, 11) is 1.66. The summed E-state index contributed by atoms with van der Waals surface area (Å²) in [6, 6.07) is 0.334. The number of methoxy groups -OCH3 is 1. The second-order valence-electron chi connectivity index (χ2n) is 5.03. The zero-order valence-electron chi connectivity index (χ0n) is 11.6. The van der Waals surface area contributed by atoms with Gasteiger partial charge in [-0.1, -0.05) is 13.8 Å². The molecular formula is C13H20N4O. The first-order chi connectivity index (χ1) is 8.54. The van der Waals surface area contributed by atoms with Crippen LogP contribution in [0.2, 0.25) is 0 Å². The van der Waals surface area contributed by atoms with Gasteiger partial charge in [-0.25, -0.2) is 15.0 Å². The molecule has 0 N–H and O–H groups in total. The van der Waals surface area contributed by atoms with E-state index in [4.69, 9.17) is 4.74 Å². The molecule has 0 aliphatic heterocycles. The number of ether oxygens (including phenoxy) is 1. The van der Waals surface area contributed by atoms with Gasteiger partial charge in [0.05, 0.1) is 12.0 Å². The van der Waals surface area contributed by atoms with E-state index in [2.05, 4.69) is 47.2 Å². The third kappa shape index (κ3) is 2.22. The van der Waals surface area contributed by atoms with Crippen LogP contribution in [0.1, 0.15) is 51.2 Å². The molecule has 0 bridgehead atoms. The number of hydrogen-bond donors (Lipinski definition) is 0. The van der Waals surface area contributed by atoms with Gasteiger partial charge < -0.3 is 9.30 Å². The SMILES string of the molecule is COCc1nc(C(C)C)c2ncn(C(C)C)c2n1. The van der Waals surface area contributed by atoms with Crippen LogP contribution in [0.25, 0.3) is 11.2 Å². The van der Waals surface area contributed by atoms with E-state index in [-0.39, 0.29) is 0 Å².